The van der Waals surface area contributed by atoms with Gasteiger partial charge in [0.2, 0.25) is 0 Å². The fourth-order valence-electron chi connectivity index (χ4n) is 4.93. The normalized spacial score (nSPS) is 14.7. The Bertz CT molecular complexity index is 946. The first-order valence-corrected chi connectivity index (χ1v) is 15.4. The van der Waals surface area contributed by atoms with E-state index in [2.05, 4.69) is 10.6 Å². The first-order chi connectivity index (χ1) is 20.4. The van der Waals surface area contributed by atoms with Gasteiger partial charge in [0, 0.05) is 24.5 Å². The van der Waals surface area contributed by atoms with Crippen LogP contribution in [-0.4, -0.2) is 63.4 Å². The quantitative estimate of drug-likeness (QED) is 0.0616. The number of unbranched alkanes of at least 4 members (excludes halogenated alkanes) is 3. The maximum Gasteiger partial charge on any atom is 0.345 e. The molecule has 234 valence electrons. The van der Waals surface area contributed by atoms with E-state index in [9.17, 15) is 19.2 Å². The molecule has 0 unspecified atom stereocenters. The maximum atomic E-state index is 12.4. The van der Waals surface area contributed by atoms with Crippen molar-refractivity contribution in [3.05, 3.63) is 45.8 Å². The lowest BCUT2D eigenvalue weighted by Crippen LogP contribution is -2.23. The van der Waals surface area contributed by atoms with Crippen molar-refractivity contribution in [1.29, 1.82) is 0 Å². The highest BCUT2D eigenvalue weighted by atomic mass is 16.6. The summed E-state index contributed by atoms with van der Waals surface area (Å²) in [6.07, 6.45) is 12.6. The van der Waals surface area contributed by atoms with E-state index in [1.807, 2.05) is 12.2 Å². The van der Waals surface area contributed by atoms with Crippen LogP contribution in [0.4, 0.5) is 0 Å². The summed E-state index contributed by atoms with van der Waals surface area (Å²) in [6.45, 7) is 9.25. The van der Waals surface area contributed by atoms with Gasteiger partial charge in [-0.25, -0.2) is 19.2 Å². The lowest BCUT2D eigenvalue weighted by Gasteiger charge is -2.20. The van der Waals surface area contributed by atoms with Crippen LogP contribution in [0.25, 0.3) is 0 Å². The van der Waals surface area contributed by atoms with Gasteiger partial charge in [-0.05, 0) is 102 Å². The van der Waals surface area contributed by atoms with Gasteiger partial charge in [0.05, 0.1) is 26.4 Å². The minimum absolute atomic E-state index is 0.00102. The van der Waals surface area contributed by atoms with Gasteiger partial charge in [-0.3, -0.25) is 0 Å². The molecule has 0 heterocycles. The average molecular weight is 589 g/mol. The highest BCUT2D eigenvalue weighted by Crippen LogP contribution is 2.26. The van der Waals surface area contributed by atoms with E-state index < -0.39 is 23.9 Å². The molecule has 0 bridgehead atoms. The summed E-state index contributed by atoms with van der Waals surface area (Å²) in [5.41, 5.74) is 3.36. The maximum absolute atomic E-state index is 12.4. The molecule has 0 atom stereocenters. The number of carbonyl (C=O) groups excluding carboxylic acids is 4. The van der Waals surface area contributed by atoms with E-state index in [1.54, 1.807) is 27.7 Å². The second kappa shape index (κ2) is 19.5. The fraction of sp³-hybridized carbons (Fsp3) is 0.625. The molecule has 2 aliphatic carbocycles. The van der Waals surface area contributed by atoms with Gasteiger partial charge in [-0.2, -0.15) is 0 Å². The van der Waals surface area contributed by atoms with Crippen LogP contribution in [0.1, 0.15) is 91.9 Å². The second-order valence-electron chi connectivity index (χ2n) is 10.00. The van der Waals surface area contributed by atoms with E-state index in [-0.39, 0.29) is 37.6 Å². The van der Waals surface area contributed by atoms with Crippen LogP contribution in [0.3, 0.4) is 0 Å². The molecular formula is C32H48N2O8. The fourth-order valence-corrected chi connectivity index (χ4v) is 4.93. The molecule has 0 amide bonds. The van der Waals surface area contributed by atoms with Gasteiger partial charge in [0.15, 0.2) is 0 Å². The van der Waals surface area contributed by atoms with Crippen molar-refractivity contribution in [2.45, 2.75) is 91.9 Å². The predicted octanol–water partition coefficient (Wildman–Crippen LogP) is 4.71. The lowest BCUT2D eigenvalue weighted by molar-refractivity contribution is -0.148. The molecule has 0 aromatic rings. The molecule has 0 aromatic heterocycles. The van der Waals surface area contributed by atoms with Gasteiger partial charge in [-0.1, -0.05) is 12.8 Å². The van der Waals surface area contributed by atoms with Crippen molar-refractivity contribution in [1.82, 2.24) is 10.6 Å². The summed E-state index contributed by atoms with van der Waals surface area (Å²) in [6, 6.07) is 0. The van der Waals surface area contributed by atoms with Gasteiger partial charge in [0.25, 0.3) is 0 Å². The Morgan fingerprint density at radius 3 is 1.19 bits per heavy atom. The molecule has 0 radical (unpaired) electrons. The number of rotatable bonds is 17. The molecule has 0 fully saturated rings. The summed E-state index contributed by atoms with van der Waals surface area (Å²) < 4.78 is 20.4. The van der Waals surface area contributed by atoms with Crippen molar-refractivity contribution >= 4 is 23.9 Å². The van der Waals surface area contributed by atoms with Crippen LogP contribution in [0.5, 0.6) is 0 Å². The number of allylic oxidation sites excluding steroid dienone is 6. The topological polar surface area (TPSA) is 129 Å². The molecule has 2 aliphatic rings. The third-order valence-electron chi connectivity index (χ3n) is 6.85. The largest absolute Gasteiger partial charge is 0.462 e. The lowest BCUT2D eigenvalue weighted by atomic mass is 9.94. The Balaban J connectivity index is 1.83. The summed E-state index contributed by atoms with van der Waals surface area (Å²) in [5.74, 6) is -2.53. The van der Waals surface area contributed by atoms with E-state index in [0.717, 1.165) is 75.9 Å². The zero-order chi connectivity index (χ0) is 30.7. The molecule has 0 saturated carbocycles. The van der Waals surface area contributed by atoms with Crippen LogP contribution >= 0.6 is 0 Å². The second-order valence-corrected chi connectivity index (χ2v) is 10.00. The Kier molecular flexibility index (Phi) is 16.1. The monoisotopic (exact) mass is 588 g/mol. The molecule has 0 aliphatic heterocycles. The first-order valence-electron chi connectivity index (χ1n) is 15.4. The average Bonchev–Trinajstić information content (AvgIpc) is 2.96. The van der Waals surface area contributed by atoms with Crippen LogP contribution in [0.2, 0.25) is 0 Å². The molecule has 42 heavy (non-hydrogen) atoms. The van der Waals surface area contributed by atoms with Gasteiger partial charge in [0.1, 0.15) is 11.1 Å². The molecule has 10 nitrogen and oxygen atoms in total. The Hall–Kier alpha value is -3.56. The Morgan fingerprint density at radius 1 is 0.548 bits per heavy atom. The summed E-state index contributed by atoms with van der Waals surface area (Å²) >= 11 is 0. The van der Waals surface area contributed by atoms with Crippen LogP contribution in [-0.2, 0) is 38.1 Å². The molecule has 10 heteroatoms. The van der Waals surface area contributed by atoms with E-state index in [4.69, 9.17) is 18.9 Å². The standard InChI is InChI=1S/C32H48N2O8/c1-5-39-29(35)27(30(36)40-6-2)23-15-13-17-25(21-23)33-19-11-9-10-12-20-34-26-18-14-16-24(22-26)28(31(37)41-7-3)32(38)42-8-4/h21-22,33-34H,5-20H2,1-4H3. The first kappa shape index (κ1) is 34.6. The molecular weight excluding hydrogens is 540 g/mol. The van der Waals surface area contributed by atoms with Crippen molar-refractivity contribution in [2.75, 3.05) is 39.5 Å². The van der Waals surface area contributed by atoms with Gasteiger partial charge >= 0.3 is 23.9 Å². The Labute approximate surface area is 249 Å². The van der Waals surface area contributed by atoms with Crippen LogP contribution in [0, 0.1) is 0 Å². The molecule has 0 spiro atoms. The van der Waals surface area contributed by atoms with E-state index >= 15 is 0 Å². The molecule has 2 N–H and O–H groups in total. The summed E-state index contributed by atoms with van der Waals surface area (Å²) in [5, 5.41) is 6.92. The summed E-state index contributed by atoms with van der Waals surface area (Å²) in [7, 11) is 0. The SMILES string of the molecule is CCOC(=O)C(C(=O)OCC)=C1C=C(NCCCCCCNC2=CC(=C(C(=O)OCC)C(=O)OCC)CCC2)CCC1. The zero-order valence-electron chi connectivity index (χ0n) is 25.7. The van der Waals surface area contributed by atoms with Crippen molar-refractivity contribution < 1.29 is 38.1 Å². The van der Waals surface area contributed by atoms with Crippen LogP contribution < -0.4 is 10.6 Å². The number of hydrogen-bond acceptors (Lipinski definition) is 10. The predicted molar refractivity (Wildman–Crippen MR) is 159 cm³/mol. The number of nitrogens with one attached hydrogen (secondary N) is 2. The minimum atomic E-state index is -0.633. The van der Waals surface area contributed by atoms with E-state index in [1.165, 1.54) is 0 Å². The van der Waals surface area contributed by atoms with Crippen molar-refractivity contribution in [2.24, 2.45) is 0 Å². The number of ether oxygens (including phenoxy) is 4. The number of hydrogen-bond donors (Lipinski definition) is 2. The minimum Gasteiger partial charge on any atom is -0.462 e. The van der Waals surface area contributed by atoms with Crippen molar-refractivity contribution in [3.63, 3.8) is 0 Å². The number of esters is 4. The third kappa shape index (κ3) is 11.4. The van der Waals surface area contributed by atoms with Gasteiger partial charge in [-0.15, -0.1) is 0 Å². The summed E-state index contributed by atoms with van der Waals surface area (Å²) in [4.78, 5) is 49.7. The molecule has 0 saturated heterocycles. The molecule has 2 rings (SSSR count). The van der Waals surface area contributed by atoms with Crippen molar-refractivity contribution in [3.8, 4) is 0 Å². The molecule has 0 aromatic carbocycles. The highest BCUT2D eigenvalue weighted by molar-refractivity contribution is 6.15. The Morgan fingerprint density at radius 2 is 0.881 bits per heavy atom. The number of carbonyl (C=O) groups is 4. The highest BCUT2D eigenvalue weighted by Gasteiger charge is 2.27. The smallest absolute Gasteiger partial charge is 0.345 e. The van der Waals surface area contributed by atoms with E-state index in [0.29, 0.717) is 24.0 Å². The third-order valence-corrected chi connectivity index (χ3v) is 6.85. The van der Waals surface area contributed by atoms with Crippen LogP contribution in [0.15, 0.2) is 45.8 Å². The van der Waals surface area contributed by atoms with Gasteiger partial charge < -0.3 is 29.6 Å². The zero-order valence-corrected chi connectivity index (χ0v) is 25.7.